The highest BCUT2D eigenvalue weighted by Gasteiger charge is 2.19. The first-order valence-corrected chi connectivity index (χ1v) is 7.59. The highest BCUT2D eigenvalue weighted by Crippen LogP contribution is 2.29. The molecule has 0 fully saturated rings. The van der Waals surface area contributed by atoms with Crippen LogP contribution in [0.5, 0.6) is 0 Å². The highest BCUT2D eigenvalue weighted by atomic mass is 35.5. The van der Waals surface area contributed by atoms with Gasteiger partial charge >= 0.3 is 0 Å². The van der Waals surface area contributed by atoms with Crippen LogP contribution in [0.2, 0.25) is 5.02 Å². The third-order valence-corrected chi connectivity index (χ3v) is 4.01. The molecule has 110 valence electrons. The number of hydrogen-bond acceptors (Lipinski definition) is 1. The second kappa shape index (κ2) is 6.63. The maximum Gasteiger partial charge on any atom is 0.163 e. The van der Waals surface area contributed by atoms with Gasteiger partial charge in [0.05, 0.1) is 0 Å². The first-order valence-electron chi connectivity index (χ1n) is 7.21. The predicted molar refractivity (Wildman–Crippen MR) is 89.5 cm³/mol. The molecule has 0 aliphatic heterocycles. The van der Waals surface area contributed by atoms with Crippen molar-refractivity contribution >= 4 is 17.4 Å². The van der Waals surface area contributed by atoms with Gasteiger partial charge in [-0.15, -0.1) is 0 Å². The van der Waals surface area contributed by atoms with E-state index >= 15 is 0 Å². The second-order valence-corrected chi connectivity index (χ2v) is 5.66. The number of hydrogen-bond donors (Lipinski definition) is 1. The number of aromatic nitrogens is 1. The Labute approximate surface area is 134 Å². The predicted octanol–water partition coefficient (Wildman–Crippen LogP) is 5.07. The van der Waals surface area contributed by atoms with Gasteiger partial charge in [0.15, 0.2) is 5.78 Å². The zero-order chi connectivity index (χ0) is 15.4. The fraction of sp³-hybridized carbons (Fsp3) is 0.105. The van der Waals surface area contributed by atoms with Crippen LogP contribution in [0.4, 0.5) is 0 Å². The summed E-state index contributed by atoms with van der Waals surface area (Å²) in [6, 6.07) is 21.0. The van der Waals surface area contributed by atoms with Gasteiger partial charge in [-0.1, -0.05) is 54.1 Å². The molecule has 1 unspecified atom stereocenters. The number of rotatable bonds is 5. The van der Waals surface area contributed by atoms with E-state index in [0.29, 0.717) is 11.4 Å². The van der Waals surface area contributed by atoms with Crippen molar-refractivity contribution < 1.29 is 4.79 Å². The van der Waals surface area contributed by atoms with Gasteiger partial charge in [0, 0.05) is 34.8 Å². The van der Waals surface area contributed by atoms with Gasteiger partial charge in [0.1, 0.15) is 0 Å². The summed E-state index contributed by atoms with van der Waals surface area (Å²) in [5, 5.41) is 0.698. The fourth-order valence-corrected chi connectivity index (χ4v) is 2.72. The van der Waals surface area contributed by atoms with Crippen molar-refractivity contribution in [2.24, 2.45) is 0 Å². The summed E-state index contributed by atoms with van der Waals surface area (Å²) in [5.41, 5.74) is 2.86. The summed E-state index contributed by atoms with van der Waals surface area (Å²) in [4.78, 5) is 15.8. The lowest BCUT2D eigenvalue weighted by Crippen LogP contribution is -2.09. The standard InChI is InChI=1S/C19H16ClNO/c20-16-10-8-14(9-11-16)17(18-7-4-12-21-18)13-19(22)15-5-2-1-3-6-15/h1-12,17,21H,13H2. The quantitative estimate of drug-likeness (QED) is 0.655. The first kappa shape index (κ1) is 14.6. The number of ketones is 1. The third kappa shape index (κ3) is 3.29. The SMILES string of the molecule is O=C(CC(c1ccc(Cl)cc1)c1ccc[nH]1)c1ccccc1. The molecular weight excluding hydrogens is 294 g/mol. The van der Waals surface area contributed by atoms with Crippen molar-refractivity contribution in [3.05, 3.63) is 94.8 Å². The highest BCUT2D eigenvalue weighted by molar-refractivity contribution is 6.30. The molecule has 0 aliphatic rings. The molecule has 1 atom stereocenters. The number of nitrogens with one attached hydrogen (secondary N) is 1. The van der Waals surface area contributed by atoms with Crippen LogP contribution in [-0.2, 0) is 0 Å². The van der Waals surface area contributed by atoms with Crippen molar-refractivity contribution in [3.63, 3.8) is 0 Å². The van der Waals surface area contributed by atoms with Crippen LogP contribution in [0.25, 0.3) is 0 Å². The summed E-state index contributed by atoms with van der Waals surface area (Å²) >= 11 is 5.97. The molecule has 3 heteroatoms. The fourth-order valence-electron chi connectivity index (χ4n) is 2.59. The molecule has 3 aromatic rings. The molecular formula is C19H16ClNO. The van der Waals surface area contributed by atoms with Crippen LogP contribution in [-0.4, -0.2) is 10.8 Å². The minimum absolute atomic E-state index is 0.0000252. The lowest BCUT2D eigenvalue weighted by atomic mass is 9.89. The van der Waals surface area contributed by atoms with E-state index in [-0.39, 0.29) is 11.7 Å². The van der Waals surface area contributed by atoms with Crippen molar-refractivity contribution in [2.45, 2.75) is 12.3 Å². The average molecular weight is 310 g/mol. The van der Waals surface area contributed by atoms with E-state index in [9.17, 15) is 4.79 Å². The van der Waals surface area contributed by atoms with Crippen LogP contribution in [0.3, 0.4) is 0 Å². The van der Waals surface area contributed by atoms with Crippen molar-refractivity contribution in [1.29, 1.82) is 0 Å². The molecule has 0 aliphatic carbocycles. The zero-order valence-electron chi connectivity index (χ0n) is 12.0. The van der Waals surface area contributed by atoms with Crippen LogP contribution in [0.15, 0.2) is 72.9 Å². The molecule has 0 amide bonds. The lowest BCUT2D eigenvalue weighted by Gasteiger charge is -2.16. The third-order valence-electron chi connectivity index (χ3n) is 3.76. The van der Waals surface area contributed by atoms with Crippen LogP contribution >= 0.6 is 11.6 Å². The Balaban J connectivity index is 1.90. The minimum Gasteiger partial charge on any atom is -0.364 e. The zero-order valence-corrected chi connectivity index (χ0v) is 12.8. The van der Waals surface area contributed by atoms with Gasteiger partial charge in [-0.2, -0.15) is 0 Å². The van der Waals surface area contributed by atoms with E-state index in [2.05, 4.69) is 4.98 Å². The normalized spacial score (nSPS) is 12.0. The van der Waals surface area contributed by atoms with E-state index in [1.165, 1.54) is 0 Å². The monoisotopic (exact) mass is 309 g/mol. The van der Waals surface area contributed by atoms with Crippen molar-refractivity contribution in [1.82, 2.24) is 4.98 Å². The Morgan fingerprint density at radius 3 is 2.32 bits per heavy atom. The van der Waals surface area contributed by atoms with Gasteiger partial charge in [-0.3, -0.25) is 4.79 Å². The first-order chi connectivity index (χ1) is 10.7. The van der Waals surface area contributed by atoms with Gasteiger partial charge in [0.2, 0.25) is 0 Å². The molecule has 1 N–H and O–H groups in total. The van der Waals surface area contributed by atoms with E-state index < -0.39 is 0 Å². The van der Waals surface area contributed by atoms with Crippen molar-refractivity contribution in [3.8, 4) is 0 Å². The summed E-state index contributed by atoms with van der Waals surface area (Å²) < 4.78 is 0. The Morgan fingerprint density at radius 2 is 1.68 bits per heavy atom. The molecule has 2 aromatic carbocycles. The molecule has 0 saturated heterocycles. The molecule has 22 heavy (non-hydrogen) atoms. The average Bonchev–Trinajstić information content (AvgIpc) is 3.08. The maximum atomic E-state index is 12.6. The van der Waals surface area contributed by atoms with E-state index in [0.717, 1.165) is 16.8 Å². The van der Waals surface area contributed by atoms with Crippen LogP contribution in [0, 0.1) is 0 Å². The summed E-state index contributed by atoms with van der Waals surface area (Å²) in [5.74, 6) is 0.134. The summed E-state index contributed by atoms with van der Waals surface area (Å²) in [7, 11) is 0. The second-order valence-electron chi connectivity index (χ2n) is 5.22. The number of benzene rings is 2. The number of Topliss-reactive ketones (excluding diaryl/α,β-unsaturated/α-hetero) is 1. The van der Waals surface area contributed by atoms with Gasteiger partial charge < -0.3 is 4.98 Å². The molecule has 1 heterocycles. The molecule has 3 rings (SSSR count). The number of carbonyl (C=O) groups is 1. The molecule has 0 spiro atoms. The maximum absolute atomic E-state index is 12.6. The van der Waals surface area contributed by atoms with E-state index in [1.807, 2.05) is 72.9 Å². The number of carbonyl (C=O) groups excluding carboxylic acids is 1. The van der Waals surface area contributed by atoms with Gasteiger partial charge in [-0.25, -0.2) is 0 Å². The molecule has 1 aromatic heterocycles. The molecule has 0 bridgehead atoms. The largest absolute Gasteiger partial charge is 0.364 e. The van der Waals surface area contributed by atoms with Crippen molar-refractivity contribution in [2.75, 3.05) is 0 Å². The smallest absolute Gasteiger partial charge is 0.163 e. The number of halogens is 1. The number of aromatic amines is 1. The molecule has 0 radical (unpaired) electrons. The van der Waals surface area contributed by atoms with Crippen LogP contribution < -0.4 is 0 Å². The minimum atomic E-state index is -0.0000252. The molecule has 2 nitrogen and oxygen atoms in total. The Morgan fingerprint density at radius 1 is 0.955 bits per heavy atom. The Bertz CT molecular complexity index is 733. The van der Waals surface area contributed by atoms with Crippen LogP contribution in [0.1, 0.15) is 34.0 Å². The Hall–Kier alpha value is -2.32. The molecule has 0 saturated carbocycles. The topological polar surface area (TPSA) is 32.9 Å². The Kier molecular flexibility index (Phi) is 4.40. The van der Waals surface area contributed by atoms with E-state index in [4.69, 9.17) is 11.6 Å². The number of H-pyrrole nitrogens is 1. The van der Waals surface area contributed by atoms with Gasteiger partial charge in [-0.05, 0) is 29.8 Å². The van der Waals surface area contributed by atoms with E-state index in [1.54, 1.807) is 0 Å². The summed E-state index contributed by atoms with van der Waals surface area (Å²) in [6.45, 7) is 0. The van der Waals surface area contributed by atoms with Gasteiger partial charge in [0.25, 0.3) is 0 Å². The lowest BCUT2D eigenvalue weighted by molar-refractivity contribution is 0.0977. The summed E-state index contributed by atoms with van der Waals surface area (Å²) in [6.07, 6.45) is 2.30.